The van der Waals surface area contributed by atoms with Gasteiger partial charge in [0.15, 0.2) is 11.6 Å². The van der Waals surface area contributed by atoms with Crippen molar-refractivity contribution in [1.82, 2.24) is 14.5 Å². The van der Waals surface area contributed by atoms with E-state index in [1.54, 1.807) is 24.4 Å². The maximum Gasteiger partial charge on any atom is 0.283 e. The Labute approximate surface area is 113 Å². The summed E-state index contributed by atoms with van der Waals surface area (Å²) < 4.78 is 33.1. The summed E-state index contributed by atoms with van der Waals surface area (Å²) in [7, 11) is -3.92. The topological polar surface area (TPSA) is 128 Å². The number of rotatable bonds is 4. The second-order valence-corrected chi connectivity index (χ2v) is 5.43. The Kier molecular flexibility index (Phi) is 2.80. The molecule has 0 aromatic carbocycles. The largest absolute Gasteiger partial charge is 0.363 e. The number of hydrogen-bond donors (Lipinski definition) is 3. The lowest BCUT2D eigenvalue weighted by Crippen LogP contribution is -2.19. The number of nitrogens with two attached hydrogens (primary N) is 1. The smallest absolute Gasteiger partial charge is 0.283 e. The summed E-state index contributed by atoms with van der Waals surface area (Å²) in [6.07, 6.45) is 2.83. The van der Waals surface area contributed by atoms with E-state index in [0.717, 1.165) is 0 Å². The lowest BCUT2D eigenvalue weighted by molar-refractivity contribution is 0.423. The molecule has 0 unspecified atom stereocenters. The predicted molar refractivity (Wildman–Crippen MR) is 70.3 cm³/mol. The number of nitrogen functional groups attached to an aromatic ring is 1. The molecule has 4 N–H and O–H groups in total. The third kappa shape index (κ3) is 1.96. The van der Waals surface area contributed by atoms with Crippen LogP contribution in [0.5, 0.6) is 0 Å². The van der Waals surface area contributed by atoms with E-state index in [1.807, 2.05) is 0 Å². The first kappa shape index (κ1) is 12.4. The van der Waals surface area contributed by atoms with Crippen molar-refractivity contribution in [2.45, 2.75) is 5.03 Å². The molecule has 10 heteroatoms. The Bertz CT molecular complexity index is 839. The van der Waals surface area contributed by atoms with Gasteiger partial charge in [-0.3, -0.25) is 9.12 Å². The first-order valence-corrected chi connectivity index (χ1v) is 6.97. The Morgan fingerprint density at radius 2 is 2.15 bits per heavy atom. The minimum atomic E-state index is -3.92. The Hall–Kier alpha value is -2.59. The molecule has 0 aliphatic carbocycles. The summed E-state index contributed by atoms with van der Waals surface area (Å²) in [5.74, 6) is 5.44. The Morgan fingerprint density at radius 1 is 1.30 bits per heavy atom. The van der Waals surface area contributed by atoms with E-state index in [0.29, 0.717) is 5.65 Å². The average Bonchev–Trinajstić information content (AvgIpc) is 3.04. The van der Waals surface area contributed by atoms with Crippen molar-refractivity contribution in [1.29, 1.82) is 0 Å². The number of nitrogens with one attached hydrogen (secondary N) is 2. The van der Waals surface area contributed by atoms with E-state index in [2.05, 4.69) is 24.8 Å². The van der Waals surface area contributed by atoms with E-state index in [1.165, 1.54) is 16.7 Å². The van der Waals surface area contributed by atoms with Gasteiger partial charge >= 0.3 is 0 Å². The zero-order chi connectivity index (χ0) is 14.2. The maximum absolute atomic E-state index is 12.4. The van der Waals surface area contributed by atoms with Crippen molar-refractivity contribution in [2.75, 3.05) is 10.1 Å². The van der Waals surface area contributed by atoms with Gasteiger partial charge in [-0.15, -0.1) is 0 Å². The Morgan fingerprint density at radius 3 is 2.85 bits per heavy atom. The first-order chi connectivity index (χ1) is 9.62. The average molecular weight is 294 g/mol. The second kappa shape index (κ2) is 4.51. The van der Waals surface area contributed by atoms with Gasteiger partial charge in [0, 0.05) is 12.3 Å². The van der Waals surface area contributed by atoms with Crippen LogP contribution in [0.4, 0.5) is 11.6 Å². The molecule has 0 saturated carbocycles. The minimum absolute atomic E-state index is 0.0344. The number of nitrogens with zero attached hydrogens (tertiary/aromatic N) is 3. The molecule has 0 atom stereocenters. The summed E-state index contributed by atoms with van der Waals surface area (Å²) in [4.78, 5) is 4.09. The molecular formula is C10H10N6O3S. The first-order valence-electron chi connectivity index (χ1n) is 5.49. The van der Waals surface area contributed by atoms with Gasteiger partial charge in [-0.2, -0.15) is 8.42 Å². The third-order valence-corrected chi connectivity index (χ3v) is 3.93. The van der Waals surface area contributed by atoms with Gasteiger partial charge in [0.1, 0.15) is 11.9 Å². The van der Waals surface area contributed by atoms with Crippen LogP contribution in [0.3, 0.4) is 0 Å². The highest BCUT2D eigenvalue weighted by atomic mass is 32.2. The summed E-state index contributed by atoms with van der Waals surface area (Å²) in [5.41, 5.74) is 2.72. The van der Waals surface area contributed by atoms with Crippen molar-refractivity contribution in [3.05, 3.63) is 36.7 Å². The number of anilines is 2. The van der Waals surface area contributed by atoms with Crippen LogP contribution in [0.15, 0.2) is 46.3 Å². The fraction of sp³-hybridized carbons (Fsp3) is 0. The molecule has 3 aromatic heterocycles. The molecule has 0 radical (unpaired) electrons. The van der Waals surface area contributed by atoms with E-state index in [-0.39, 0.29) is 16.7 Å². The van der Waals surface area contributed by atoms with Crippen molar-refractivity contribution in [3.63, 3.8) is 0 Å². The number of fused-ring (bicyclic) bond motifs is 1. The maximum atomic E-state index is 12.4. The minimum Gasteiger partial charge on any atom is -0.363 e. The van der Waals surface area contributed by atoms with Crippen LogP contribution in [0.25, 0.3) is 5.65 Å². The van der Waals surface area contributed by atoms with Gasteiger partial charge < -0.3 is 9.95 Å². The van der Waals surface area contributed by atoms with Gasteiger partial charge in [0.05, 0.1) is 0 Å². The highest BCUT2D eigenvalue weighted by Gasteiger charge is 2.25. The van der Waals surface area contributed by atoms with Gasteiger partial charge in [-0.1, -0.05) is 11.2 Å². The molecule has 3 aromatic rings. The van der Waals surface area contributed by atoms with Crippen LogP contribution in [-0.4, -0.2) is 23.0 Å². The molecule has 3 heterocycles. The summed E-state index contributed by atoms with van der Waals surface area (Å²) in [6.45, 7) is 0. The fourth-order valence-electron chi connectivity index (χ4n) is 1.78. The second-order valence-electron chi connectivity index (χ2n) is 3.83. The number of sulfonamides is 1. The highest BCUT2D eigenvalue weighted by molar-refractivity contribution is 7.92. The molecule has 3 rings (SSSR count). The molecule has 0 bridgehead atoms. The third-order valence-electron chi connectivity index (χ3n) is 2.55. The zero-order valence-electron chi connectivity index (χ0n) is 10.0. The number of hydrazine groups is 1. The van der Waals surface area contributed by atoms with Crippen LogP contribution in [0.1, 0.15) is 0 Å². The Balaban J connectivity index is 2.17. The van der Waals surface area contributed by atoms with Gasteiger partial charge in [-0.05, 0) is 12.1 Å². The van der Waals surface area contributed by atoms with Crippen molar-refractivity contribution in [2.24, 2.45) is 5.84 Å². The molecule has 0 spiro atoms. The quantitative estimate of drug-likeness (QED) is 0.469. The monoisotopic (exact) mass is 294 g/mol. The molecule has 20 heavy (non-hydrogen) atoms. The number of imidazole rings is 1. The van der Waals surface area contributed by atoms with Crippen molar-refractivity contribution < 1.29 is 12.9 Å². The van der Waals surface area contributed by atoms with Crippen LogP contribution in [0.2, 0.25) is 0 Å². The zero-order valence-corrected chi connectivity index (χ0v) is 10.8. The van der Waals surface area contributed by atoms with E-state index >= 15 is 0 Å². The molecule has 0 fully saturated rings. The summed E-state index contributed by atoms with van der Waals surface area (Å²) >= 11 is 0. The van der Waals surface area contributed by atoms with Crippen molar-refractivity contribution >= 4 is 27.3 Å². The van der Waals surface area contributed by atoms with E-state index in [9.17, 15) is 8.42 Å². The lowest BCUT2D eigenvalue weighted by Gasteiger charge is -2.06. The number of hydrogen-bond acceptors (Lipinski definition) is 7. The summed E-state index contributed by atoms with van der Waals surface area (Å²) in [5, 5.41) is 3.39. The van der Waals surface area contributed by atoms with Gasteiger partial charge in [-0.25, -0.2) is 10.8 Å². The molecule has 0 aliphatic heterocycles. The molecular weight excluding hydrogens is 284 g/mol. The van der Waals surface area contributed by atoms with Crippen molar-refractivity contribution in [3.8, 4) is 0 Å². The number of pyridine rings is 1. The molecule has 9 nitrogen and oxygen atoms in total. The molecule has 0 aliphatic rings. The normalized spacial score (nSPS) is 11.7. The molecule has 0 amide bonds. The van der Waals surface area contributed by atoms with Crippen LogP contribution in [0, 0.1) is 0 Å². The molecule has 104 valence electrons. The summed E-state index contributed by atoms with van der Waals surface area (Å²) in [6, 6.07) is 6.47. The SMILES string of the molecule is NNc1nc2ccccn2c1S(=O)(=O)Nc1ccon1. The van der Waals surface area contributed by atoms with Crippen LogP contribution in [-0.2, 0) is 10.0 Å². The standard InChI is InChI=1S/C10H10N6O3S/c11-13-9-10(16-5-2-1-3-8(16)12-9)20(17,18)15-7-4-6-19-14-7/h1-6,13H,11H2,(H,14,15). The van der Waals surface area contributed by atoms with Gasteiger partial charge in [0.2, 0.25) is 5.03 Å². The predicted octanol–water partition coefficient (Wildman–Crippen LogP) is 0.409. The molecule has 0 saturated heterocycles. The van der Waals surface area contributed by atoms with Crippen LogP contribution < -0.4 is 16.0 Å². The highest BCUT2D eigenvalue weighted by Crippen LogP contribution is 2.23. The van der Waals surface area contributed by atoms with Gasteiger partial charge in [0.25, 0.3) is 10.0 Å². The number of aromatic nitrogens is 3. The van der Waals surface area contributed by atoms with E-state index in [4.69, 9.17) is 5.84 Å². The lowest BCUT2D eigenvalue weighted by atomic mass is 10.5. The fourth-order valence-corrected chi connectivity index (χ4v) is 3.03. The van der Waals surface area contributed by atoms with Crippen LogP contribution >= 0.6 is 0 Å². The van der Waals surface area contributed by atoms with E-state index < -0.39 is 10.0 Å².